The number of carbonyl (C=O) groups is 2. The highest BCUT2D eigenvalue weighted by atomic mass is 32.2. The summed E-state index contributed by atoms with van der Waals surface area (Å²) in [6.07, 6.45) is 1.05. The van der Waals surface area contributed by atoms with Crippen molar-refractivity contribution >= 4 is 55.8 Å². The topological polar surface area (TPSA) is 95.6 Å². The number of hydrogen-bond donors (Lipinski definition) is 2. The van der Waals surface area contributed by atoms with Crippen LogP contribution in [0.15, 0.2) is 54.6 Å². The van der Waals surface area contributed by atoms with Gasteiger partial charge in [0.1, 0.15) is 10.4 Å². The summed E-state index contributed by atoms with van der Waals surface area (Å²) in [7, 11) is -3.41. The monoisotopic (exact) mass is 477 g/mol. The van der Waals surface area contributed by atoms with Crippen molar-refractivity contribution in [2.75, 3.05) is 11.0 Å². The molecule has 1 aliphatic rings. The minimum Gasteiger partial charge on any atom is -0.339 e. The van der Waals surface area contributed by atoms with Gasteiger partial charge in [-0.05, 0) is 43.7 Å². The third-order valence-corrected chi connectivity index (χ3v) is 6.92. The zero-order valence-corrected chi connectivity index (χ0v) is 19.7. The third kappa shape index (κ3) is 5.84. The maximum atomic E-state index is 13.3. The molecule has 3 rings (SSSR count). The van der Waals surface area contributed by atoms with Gasteiger partial charge in [0.15, 0.2) is 0 Å². The minimum atomic E-state index is -3.41. The molecule has 0 radical (unpaired) electrons. The van der Waals surface area contributed by atoms with Crippen LogP contribution >= 0.6 is 24.0 Å². The van der Waals surface area contributed by atoms with Gasteiger partial charge in [0.05, 0.1) is 12.8 Å². The molecule has 1 fully saturated rings. The smallest absolute Gasteiger partial charge is 0.252 e. The quantitative estimate of drug-likeness (QED) is 0.621. The molecule has 0 saturated carbocycles. The number of amides is 2. The van der Waals surface area contributed by atoms with Crippen LogP contribution in [0.3, 0.4) is 0 Å². The first-order valence-electron chi connectivity index (χ1n) is 9.43. The molecule has 7 nitrogen and oxygen atoms in total. The van der Waals surface area contributed by atoms with Crippen LogP contribution in [0.4, 0.5) is 5.69 Å². The van der Waals surface area contributed by atoms with Crippen molar-refractivity contribution in [3.8, 4) is 0 Å². The van der Waals surface area contributed by atoms with Crippen molar-refractivity contribution in [2.45, 2.75) is 31.2 Å². The van der Waals surface area contributed by atoms with Crippen LogP contribution in [-0.2, 0) is 21.4 Å². The normalized spacial score (nSPS) is 18.5. The highest BCUT2D eigenvalue weighted by Gasteiger charge is 2.46. The molecule has 1 saturated heterocycles. The van der Waals surface area contributed by atoms with E-state index in [1.807, 2.05) is 44.2 Å². The van der Waals surface area contributed by atoms with Crippen LogP contribution in [0.2, 0.25) is 0 Å². The number of thioether (sulfide) groups is 1. The predicted octanol–water partition coefficient (Wildman–Crippen LogP) is 3.00. The van der Waals surface area contributed by atoms with Crippen molar-refractivity contribution < 1.29 is 18.0 Å². The molecule has 10 heteroatoms. The molecule has 1 unspecified atom stereocenters. The third-order valence-electron chi connectivity index (χ3n) is 4.69. The van der Waals surface area contributed by atoms with E-state index in [2.05, 4.69) is 10.0 Å². The molecule has 2 aromatic carbocycles. The van der Waals surface area contributed by atoms with Gasteiger partial charge in [0.2, 0.25) is 10.0 Å². The molecule has 1 atom stereocenters. The van der Waals surface area contributed by atoms with E-state index >= 15 is 0 Å². The van der Waals surface area contributed by atoms with Gasteiger partial charge in [-0.3, -0.25) is 19.2 Å². The first-order chi connectivity index (χ1) is 14.5. The van der Waals surface area contributed by atoms with Crippen LogP contribution in [-0.4, -0.2) is 46.5 Å². The molecule has 0 spiro atoms. The van der Waals surface area contributed by atoms with Crippen LogP contribution in [0.5, 0.6) is 0 Å². The predicted molar refractivity (Wildman–Crippen MR) is 127 cm³/mol. The summed E-state index contributed by atoms with van der Waals surface area (Å²) in [5.41, 5.74) is 1.61. The van der Waals surface area contributed by atoms with E-state index in [-0.39, 0.29) is 5.91 Å². The number of benzene rings is 2. The molecule has 2 amide bonds. The lowest BCUT2D eigenvalue weighted by atomic mass is 10.00. The summed E-state index contributed by atoms with van der Waals surface area (Å²) in [6.45, 7) is 4.07. The van der Waals surface area contributed by atoms with Gasteiger partial charge in [-0.2, -0.15) is 0 Å². The van der Waals surface area contributed by atoms with E-state index < -0.39 is 26.7 Å². The lowest BCUT2D eigenvalue weighted by Gasteiger charge is -2.42. The highest BCUT2D eigenvalue weighted by molar-refractivity contribution is 8.24. The Morgan fingerprint density at radius 2 is 1.74 bits per heavy atom. The molecular weight excluding hydrogens is 454 g/mol. The van der Waals surface area contributed by atoms with Crippen LogP contribution in [0.1, 0.15) is 29.8 Å². The number of carbonyl (C=O) groups excluding carboxylic acids is 2. The molecule has 31 heavy (non-hydrogen) atoms. The Bertz CT molecular complexity index is 1100. The summed E-state index contributed by atoms with van der Waals surface area (Å²) in [4.78, 5) is 27.6. The molecule has 164 valence electrons. The summed E-state index contributed by atoms with van der Waals surface area (Å²) < 4.78 is 24.9. The van der Waals surface area contributed by atoms with Gasteiger partial charge in [0, 0.05) is 16.0 Å². The molecule has 0 bridgehead atoms. The van der Waals surface area contributed by atoms with Crippen molar-refractivity contribution in [1.29, 1.82) is 0 Å². The Hall–Kier alpha value is -2.43. The van der Waals surface area contributed by atoms with E-state index in [9.17, 15) is 18.0 Å². The summed E-state index contributed by atoms with van der Waals surface area (Å²) in [5.74, 6) is -0.688. The number of nitrogens with zero attached hydrogens (tertiary/aromatic N) is 1. The van der Waals surface area contributed by atoms with Gasteiger partial charge in [-0.15, -0.1) is 0 Å². The zero-order valence-electron chi connectivity index (χ0n) is 17.3. The number of sulfonamides is 1. The van der Waals surface area contributed by atoms with Crippen molar-refractivity contribution in [3.05, 3.63) is 65.7 Å². The second-order valence-corrected chi connectivity index (χ2v) is 11.8. The van der Waals surface area contributed by atoms with E-state index in [1.54, 1.807) is 0 Å². The van der Waals surface area contributed by atoms with Crippen LogP contribution in [0.25, 0.3) is 0 Å². The molecule has 2 aromatic rings. The fraction of sp³-hybridized carbons (Fsp3) is 0.286. The average molecular weight is 478 g/mol. The first kappa shape index (κ1) is 23.2. The Labute approximate surface area is 191 Å². The van der Waals surface area contributed by atoms with E-state index in [0.29, 0.717) is 22.1 Å². The fourth-order valence-corrected chi connectivity index (χ4v) is 5.50. The Morgan fingerprint density at radius 3 is 2.32 bits per heavy atom. The molecule has 1 aliphatic heterocycles. The Balaban J connectivity index is 1.77. The zero-order chi connectivity index (χ0) is 22.8. The second kappa shape index (κ2) is 8.97. The minimum absolute atomic E-state index is 0.263. The molecule has 0 aliphatic carbocycles. The Morgan fingerprint density at radius 1 is 1.13 bits per heavy atom. The number of nitrogens with one attached hydrogen (secondary N) is 2. The lowest BCUT2D eigenvalue weighted by molar-refractivity contribution is -0.130. The molecule has 2 N–H and O–H groups in total. The van der Waals surface area contributed by atoms with Crippen LogP contribution in [0, 0.1) is 0 Å². The summed E-state index contributed by atoms with van der Waals surface area (Å²) in [6, 6.07) is 14.7. The van der Waals surface area contributed by atoms with E-state index in [0.717, 1.165) is 11.8 Å². The van der Waals surface area contributed by atoms with Crippen LogP contribution < -0.4 is 10.0 Å². The number of rotatable bonds is 6. The summed E-state index contributed by atoms with van der Waals surface area (Å²) >= 11 is 6.84. The lowest BCUT2D eigenvalue weighted by Crippen LogP contribution is -2.62. The standard InChI is InChI=1S/C21H23N3O4S3/c1-21(2)17(19(26)24(20(29)30-21)13-14-7-5-4-6-8-14)22-18(25)15-9-11-16(12-10-15)23-31(3,27)28/h4-12,17,23H,13H2,1-3H3,(H,22,25). The van der Waals surface area contributed by atoms with Gasteiger partial charge in [-0.1, -0.05) is 54.3 Å². The van der Waals surface area contributed by atoms with Gasteiger partial charge < -0.3 is 5.32 Å². The number of thiocarbonyl (C=S) groups is 1. The highest BCUT2D eigenvalue weighted by Crippen LogP contribution is 2.37. The molecule has 0 aromatic heterocycles. The van der Waals surface area contributed by atoms with E-state index in [4.69, 9.17) is 12.2 Å². The molecule has 1 heterocycles. The first-order valence-corrected chi connectivity index (χ1v) is 12.5. The number of anilines is 1. The van der Waals surface area contributed by atoms with Gasteiger partial charge >= 0.3 is 0 Å². The largest absolute Gasteiger partial charge is 0.339 e. The maximum absolute atomic E-state index is 13.3. The Kier molecular flexibility index (Phi) is 6.73. The SMILES string of the molecule is CC1(C)SC(=S)N(Cc2ccccc2)C(=O)C1NC(=O)c1ccc(NS(C)(=O)=O)cc1. The van der Waals surface area contributed by atoms with E-state index in [1.165, 1.54) is 40.9 Å². The summed E-state index contributed by atoms with van der Waals surface area (Å²) in [5, 5.41) is 2.83. The fourth-order valence-electron chi connectivity index (χ4n) is 3.14. The maximum Gasteiger partial charge on any atom is 0.252 e. The van der Waals surface area contributed by atoms with Crippen molar-refractivity contribution in [1.82, 2.24) is 10.2 Å². The van der Waals surface area contributed by atoms with Crippen molar-refractivity contribution in [2.24, 2.45) is 0 Å². The van der Waals surface area contributed by atoms with Gasteiger partial charge in [0.25, 0.3) is 11.8 Å². The van der Waals surface area contributed by atoms with Crippen molar-refractivity contribution in [3.63, 3.8) is 0 Å². The van der Waals surface area contributed by atoms with Gasteiger partial charge in [-0.25, -0.2) is 8.42 Å². The average Bonchev–Trinajstić information content (AvgIpc) is 2.68. The number of hydrogen-bond acceptors (Lipinski definition) is 6. The second-order valence-electron chi connectivity index (χ2n) is 7.74. The molecular formula is C21H23N3O4S3.